The maximum absolute atomic E-state index is 10.4. The van der Waals surface area contributed by atoms with Gasteiger partial charge in [0.25, 0.3) is 0 Å². The Kier molecular flexibility index (Phi) is 5.83. The largest absolute Gasteiger partial charge is 0.507 e. The number of hydrogen-bond donors (Lipinski definition) is 2. The van der Waals surface area contributed by atoms with E-state index in [1.54, 1.807) is 24.4 Å². The Balaban J connectivity index is 0.00000231. The number of nitrogens with zero attached hydrogens (tertiary/aromatic N) is 2. The van der Waals surface area contributed by atoms with E-state index in [0.717, 1.165) is 16.2 Å². The van der Waals surface area contributed by atoms with E-state index in [1.807, 2.05) is 72.8 Å². The number of aromatic hydroxyl groups is 2. The number of pyridine rings is 1. The normalized spacial score (nSPS) is 11.1. The number of aromatic nitrogens is 1. The van der Waals surface area contributed by atoms with Crippen LogP contribution in [0.4, 0.5) is 5.69 Å². The van der Waals surface area contributed by atoms with Crippen LogP contribution in [0.2, 0.25) is 0 Å². The Morgan fingerprint density at radius 3 is 2.23 bits per heavy atom. The topological polar surface area (TPSA) is 65.7 Å². The number of aliphatic imine (C=N–C) groups is 1. The predicted molar refractivity (Wildman–Crippen MR) is 122 cm³/mol. The van der Waals surface area contributed by atoms with Gasteiger partial charge in [0.15, 0.2) is 0 Å². The van der Waals surface area contributed by atoms with Gasteiger partial charge in [-0.05, 0) is 41.1 Å². The molecule has 0 spiro atoms. The minimum atomic E-state index is 0. The summed E-state index contributed by atoms with van der Waals surface area (Å²) in [5.74, 6) is 0.379. The van der Waals surface area contributed by atoms with Gasteiger partial charge in [-0.25, -0.2) is 4.98 Å². The minimum Gasteiger partial charge on any atom is -0.507 e. The van der Waals surface area contributed by atoms with E-state index in [0.29, 0.717) is 28.0 Å². The average Bonchev–Trinajstić information content (AvgIpc) is 2.77. The van der Waals surface area contributed by atoms with Crippen LogP contribution in [-0.2, 0) is 21.1 Å². The molecule has 0 atom stereocenters. The molecule has 5 heteroatoms. The molecular weight excluding hydrogens is 567 g/mol. The zero-order chi connectivity index (χ0) is 20.5. The summed E-state index contributed by atoms with van der Waals surface area (Å²) in [5.41, 5.74) is 2.71. The van der Waals surface area contributed by atoms with E-state index in [-0.39, 0.29) is 32.6 Å². The zero-order valence-corrected chi connectivity index (χ0v) is 18.6. The number of fused-ring (bicyclic) bond motifs is 2. The first-order valence-electron chi connectivity index (χ1n) is 9.63. The second-order valence-corrected chi connectivity index (χ2v) is 7.04. The van der Waals surface area contributed by atoms with Gasteiger partial charge in [-0.15, -0.1) is 0 Å². The van der Waals surface area contributed by atoms with E-state index in [9.17, 15) is 10.2 Å². The molecule has 0 saturated heterocycles. The van der Waals surface area contributed by atoms with Crippen molar-refractivity contribution in [1.82, 2.24) is 4.98 Å². The van der Waals surface area contributed by atoms with E-state index in [2.05, 4.69) is 4.99 Å². The third-order valence-corrected chi connectivity index (χ3v) is 5.12. The average molecular weight is 586 g/mol. The van der Waals surface area contributed by atoms with E-state index in [1.165, 1.54) is 0 Å². The number of phenols is 2. The van der Waals surface area contributed by atoms with Crippen LogP contribution in [0.5, 0.6) is 11.5 Å². The van der Waals surface area contributed by atoms with Crippen molar-refractivity contribution in [3.8, 4) is 22.8 Å². The van der Waals surface area contributed by atoms with Gasteiger partial charge in [-0.3, -0.25) is 4.99 Å². The van der Waals surface area contributed by atoms with Crippen LogP contribution < -0.4 is 0 Å². The van der Waals surface area contributed by atoms with Gasteiger partial charge in [0.1, 0.15) is 11.5 Å². The summed E-state index contributed by atoms with van der Waals surface area (Å²) in [7, 11) is 0. The standard InChI is InChI=1S/C26H18N2O2.Pt/c29-23-13-4-3-11-21(23)26-20-10-2-1-7-18(20)15-19(28-26)16-27-22-12-5-8-17-9-6-14-24(30)25(17)22;/h1-16,29-30H;. The second-order valence-electron chi connectivity index (χ2n) is 7.04. The van der Waals surface area contributed by atoms with E-state index >= 15 is 0 Å². The van der Waals surface area contributed by atoms with Gasteiger partial charge >= 0.3 is 0 Å². The van der Waals surface area contributed by atoms with Gasteiger partial charge in [-0.1, -0.05) is 60.7 Å². The van der Waals surface area contributed by atoms with Gasteiger partial charge in [0, 0.05) is 37.4 Å². The van der Waals surface area contributed by atoms with E-state index < -0.39 is 0 Å². The molecule has 5 aromatic rings. The van der Waals surface area contributed by atoms with Crippen molar-refractivity contribution in [3.05, 3.63) is 96.7 Å². The smallest absolute Gasteiger partial charge is 0.125 e. The van der Waals surface area contributed by atoms with Crippen molar-refractivity contribution in [1.29, 1.82) is 0 Å². The van der Waals surface area contributed by atoms with Crippen molar-refractivity contribution in [2.24, 2.45) is 4.99 Å². The first-order valence-corrected chi connectivity index (χ1v) is 9.63. The number of benzene rings is 4. The van der Waals surface area contributed by atoms with E-state index in [4.69, 9.17) is 4.98 Å². The summed E-state index contributed by atoms with van der Waals surface area (Å²) in [6, 6.07) is 28.2. The molecule has 0 aliphatic heterocycles. The van der Waals surface area contributed by atoms with Crippen LogP contribution in [0.1, 0.15) is 5.69 Å². The molecule has 5 rings (SSSR count). The molecule has 4 aromatic carbocycles. The SMILES string of the molecule is Oc1ccccc1-c1nc(C=Nc2cccc3cccc(O)c23)cc2ccccc12.[Pt]. The monoisotopic (exact) mass is 585 g/mol. The number of rotatable bonds is 3. The van der Waals surface area contributed by atoms with Crippen LogP contribution in [0.15, 0.2) is 96.0 Å². The Bertz CT molecular complexity index is 1420. The predicted octanol–water partition coefficient (Wildman–Crippen LogP) is 6.21. The van der Waals surface area contributed by atoms with Crippen molar-refractivity contribution in [3.63, 3.8) is 0 Å². The molecule has 31 heavy (non-hydrogen) atoms. The third kappa shape index (κ3) is 3.95. The summed E-state index contributed by atoms with van der Waals surface area (Å²) in [6.07, 6.45) is 1.69. The maximum Gasteiger partial charge on any atom is 0.125 e. The molecule has 0 aliphatic carbocycles. The fourth-order valence-electron chi connectivity index (χ4n) is 3.71. The van der Waals surface area contributed by atoms with Crippen LogP contribution in [-0.4, -0.2) is 21.4 Å². The first kappa shape index (κ1) is 20.8. The Morgan fingerprint density at radius 2 is 1.39 bits per heavy atom. The first-order chi connectivity index (χ1) is 14.7. The second kappa shape index (κ2) is 8.71. The molecule has 0 amide bonds. The molecule has 0 aliphatic rings. The number of phenolic OH excluding ortho intramolecular Hbond substituents is 2. The summed E-state index contributed by atoms with van der Waals surface area (Å²) in [6.45, 7) is 0. The Labute approximate surface area is 193 Å². The van der Waals surface area contributed by atoms with Crippen LogP contribution in [0.25, 0.3) is 32.8 Å². The number of para-hydroxylation sites is 1. The summed E-state index contributed by atoms with van der Waals surface area (Å²) in [4.78, 5) is 9.40. The van der Waals surface area contributed by atoms with Crippen molar-refractivity contribution in [2.75, 3.05) is 0 Å². The van der Waals surface area contributed by atoms with Gasteiger partial charge in [0.05, 0.1) is 23.3 Å². The molecule has 0 saturated carbocycles. The molecule has 0 fully saturated rings. The fourth-order valence-corrected chi connectivity index (χ4v) is 3.71. The van der Waals surface area contributed by atoms with Crippen molar-refractivity contribution >= 4 is 33.4 Å². The van der Waals surface area contributed by atoms with Gasteiger partial charge in [0.2, 0.25) is 0 Å². The molecule has 2 N–H and O–H groups in total. The summed E-state index contributed by atoms with van der Waals surface area (Å²) in [5, 5.41) is 24.3. The minimum absolute atomic E-state index is 0. The van der Waals surface area contributed by atoms with Crippen molar-refractivity contribution < 1.29 is 31.3 Å². The number of hydrogen-bond acceptors (Lipinski definition) is 4. The zero-order valence-electron chi connectivity index (χ0n) is 16.3. The Morgan fingerprint density at radius 1 is 0.710 bits per heavy atom. The molecule has 1 heterocycles. The molecule has 0 radical (unpaired) electrons. The van der Waals surface area contributed by atoms with Crippen LogP contribution in [0.3, 0.4) is 0 Å². The molecule has 0 bridgehead atoms. The fraction of sp³-hybridized carbons (Fsp3) is 0. The Hall–Kier alpha value is -3.49. The van der Waals surface area contributed by atoms with Gasteiger partial charge in [-0.2, -0.15) is 0 Å². The molecule has 1 aromatic heterocycles. The van der Waals surface area contributed by atoms with Crippen molar-refractivity contribution in [2.45, 2.75) is 0 Å². The molecular formula is C26H18N2O2Pt. The summed E-state index contributed by atoms with van der Waals surface area (Å²) < 4.78 is 0. The van der Waals surface area contributed by atoms with Crippen LogP contribution >= 0.6 is 0 Å². The molecule has 0 unspecified atom stereocenters. The maximum atomic E-state index is 10.4. The molecule has 154 valence electrons. The third-order valence-electron chi connectivity index (χ3n) is 5.12. The molecule has 4 nitrogen and oxygen atoms in total. The van der Waals surface area contributed by atoms with Crippen LogP contribution in [0, 0.1) is 0 Å². The summed E-state index contributed by atoms with van der Waals surface area (Å²) >= 11 is 0. The van der Waals surface area contributed by atoms with Gasteiger partial charge < -0.3 is 10.2 Å². The quantitative estimate of drug-likeness (QED) is 0.248.